The summed E-state index contributed by atoms with van der Waals surface area (Å²) in [5.74, 6) is 0.269. The van der Waals surface area contributed by atoms with Crippen LogP contribution in [0.3, 0.4) is 0 Å². The van der Waals surface area contributed by atoms with Crippen molar-refractivity contribution in [2.24, 2.45) is 0 Å². The van der Waals surface area contributed by atoms with Gasteiger partial charge in [-0.2, -0.15) is 0 Å². The van der Waals surface area contributed by atoms with Crippen LogP contribution in [-0.4, -0.2) is 13.2 Å². The Morgan fingerprint density at radius 3 is 2.25 bits per heavy atom. The molecule has 0 N–H and O–H groups in total. The molecular formula is C6H10BCl. The van der Waals surface area contributed by atoms with Crippen LogP contribution in [0.2, 0.25) is 5.82 Å². The maximum absolute atomic E-state index is 5.84. The molecule has 0 heterocycles. The van der Waals surface area contributed by atoms with Crippen molar-refractivity contribution < 1.29 is 0 Å². The molecule has 1 saturated carbocycles. The number of rotatable bonds is 0. The van der Waals surface area contributed by atoms with Crippen LogP contribution in [0.5, 0.6) is 0 Å². The lowest BCUT2D eigenvalue weighted by atomic mass is 9.75. The molecule has 0 aromatic carbocycles. The molecule has 0 saturated heterocycles. The van der Waals surface area contributed by atoms with E-state index in [-0.39, 0.29) is 11.2 Å². The van der Waals surface area contributed by atoms with Gasteiger partial charge in [0.15, 0.2) is 0 Å². The Morgan fingerprint density at radius 1 is 1.25 bits per heavy atom. The Hall–Kier alpha value is 0.355. The smallest absolute Gasteiger partial charge is 0.0719 e. The Balaban J connectivity index is 2.28. The van der Waals surface area contributed by atoms with Crippen molar-refractivity contribution in [3.63, 3.8) is 0 Å². The van der Waals surface area contributed by atoms with Crippen LogP contribution in [0.1, 0.15) is 25.7 Å². The van der Waals surface area contributed by atoms with Gasteiger partial charge in [-0.25, -0.2) is 0 Å². The summed E-state index contributed by atoms with van der Waals surface area (Å²) in [7, 11) is 5.65. The van der Waals surface area contributed by atoms with Crippen molar-refractivity contribution in [2.45, 2.75) is 36.9 Å². The molecule has 0 spiro atoms. The SMILES string of the molecule is [B][C@H]1CCCC[C@H]1Cl. The van der Waals surface area contributed by atoms with E-state index in [9.17, 15) is 0 Å². The van der Waals surface area contributed by atoms with E-state index in [1.807, 2.05) is 0 Å². The minimum Gasteiger partial charge on any atom is -0.124 e. The van der Waals surface area contributed by atoms with Crippen LogP contribution in [0.15, 0.2) is 0 Å². The third kappa shape index (κ3) is 1.41. The summed E-state index contributed by atoms with van der Waals surface area (Å²) in [6, 6.07) is 0. The van der Waals surface area contributed by atoms with E-state index in [4.69, 9.17) is 19.4 Å². The van der Waals surface area contributed by atoms with E-state index in [0.29, 0.717) is 0 Å². The standard InChI is InChI=1S/C6H10BCl/c7-5-3-1-2-4-6(5)8/h5-6H,1-4H2/t5-,6+/m0/s1. The fourth-order valence-electron chi connectivity index (χ4n) is 1.11. The maximum atomic E-state index is 5.84. The van der Waals surface area contributed by atoms with Gasteiger partial charge in [-0.1, -0.05) is 25.1 Å². The average molecular weight is 128 g/mol. The van der Waals surface area contributed by atoms with Gasteiger partial charge >= 0.3 is 0 Å². The lowest BCUT2D eigenvalue weighted by Crippen LogP contribution is -2.13. The minimum absolute atomic E-state index is 0.253. The van der Waals surface area contributed by atoms with Crippen molar-refractivity contribution in [1.82, 2.24) is 0 Å². The third-order valence-electron chi connectivity index (χ3n) is 1.73. The predicted molar refractivity (Wildman–Crippen MR) is 37.6 cm³/mol. The predicted octanol–water partition coefficient (Wildman–Crippen LogP) is 2.12. The van der Waals surface area contributed by atoms with Gasteiger partial charge in [0.2, 0.25) is 0 Å². The van der Waals surface area contributed by atoms with Crippen LogP contribution in [-0.2, 0) is 0 Å². The van der Waals surface area contributed by atoms with Gasteiger partial charge in [0.25, 0.3) is 0 Å². The van der Waals surface area contributed by atoms with Gasteiger partial charge in [0.05, 0.1) is 7.85 Å². The van der Waals surface area contributed by atoms with Crippen molar-refractivity contribution in [2.75, 3.05) is 0 Å². The quantitative estimate of drug-likeness (QED) is 0.346. The molecule has 0 aliphatic heterocycles. The topological polar surface area (TPSA) is 0 Å². The van der Waals surface area contributed by atoms with E-state index in [2.05, 4.69) is 0 Å². The largest absolute Gasteiger partial charge is 0.124 e. The van der Waals surface area contributed by atoms with Crippen molar-refractivity contribution in [3.8, 4) is 0 Å². The van der Waals surface area contributed by atoms with Crippen molar-refractivity contribution in [3.05, 3.63) is 0 Å². The fraction of sp³-hybridized carbons (Fsp3) is 1.00. The molecule has 0 amide bonds. The molecule has 2 atom stereocenters. The van der Waals surface area contributed by atoms with Crippen molar-refractivity contribution >= 4 is 19.4 Å². The average Bonchev–Trinajstić information content (AvgIpc) is 1.77. The molecule has 0 bridgehead atoms. The molecule has 0 unspecified atom stereocenters. The summed E-state index contributed by atoms with van der Waals surface area (Å²) in [6.07, 6.45) is 4.77. The number of hydrogen-bond donors (Lipinski definition) is 0. The normalized spacial score (nSPS) is 39.6. The highest BCUT2D eigenvalue weighted by Gasteiger charge is 2.17. The Bertz CT molecular complexity index is 64.9. The van der Waals surface area contributed by atoms with Gasteiger partial charge < -0.3 is 0 Å². The molecule has 0 aromatic heterocycles. The highest BCUT2D eigenvalue weighted by Crippen LogP contribution is 2.30. The van der Waals surface area contributed by atoms with Crippen LogP contribution < -0.4 is 0 Å². The summed E-state index contributed by atoms with van der Waals surface area (Å²) in [5.41, 5.74) is 0. The lowest BCUT2D eigenvalue weighted by molar-refractivity contribution is 0.511. The van der Waals surface area contributed by atoms with Gasteiger partial charge in [0.1, 0.15) is 0 Å². The fourth-order valence-corrected chi connectivity index (χ4v) is 1.39. The molecule has 2 radical (unpaired) electrons. The molecule has 0 nitrogen and oxygen atoms in total. The zero-order chi connectivity index (χ0) is 5.98. The molecule has 1 aliphatic carbocycles. The van der Waals surface area contributed by atoms with E-state index in [0.717, 1.165) is 12.8 Å². The Labute approximate surface area is 57.0 Å². The summed E-state index contributed by atoms with van der Waals surface area (Å²) >= 11 is 5.84. The summed E-state index contributed by atoms with van der Waals surface area (Å²) in [4.78, 5) is 0. The monoisotopic (exact) mass is 128 g/mol. The Kier molecular flexibility index (Phi) is 2.24. The molecule has 44 valence electrons. The van der Waals surface area contributed by atoms with Crippen LogP contribution in [0.25, 0.3) is 0 Å². The molecule has 8 heavy (non-hydrogen) atoms. The van der Waals surface area contributed by atoms with Crippen LogP contribution in [0, 0.1) is 0 Å². The number of alkyl halides is 1. The van der Waals surface area contributed by atoms with Gasteiger partial charge in [-0.05, 0) is 6.42 Å². The number of halogens is 1. The van der Waals surface area contributed by atoms with E-state index in [1.54, 1.807) is 0 Å². The first-order valence-corrected chi connectivity index (χ1v) is 3.64. The van der Waals surface area contributed by atoms with Crippen LogP contribution >= 0.6 is 11.6 Å². The second kappa shape index (κ2) is 2.77. The summed E-state index contributed by atoms with van der Waals surface area (Å²) in [6.45, 7) is 0. The minimum atomic E-state index is 0.253. The summed E-state index contributed by atoms with van der Waals surface area (Å²) < 4.78 is 0. The highest BCUT2D eigenvalue weighted by molar-refractivity contribution is 6.26. The molecule has 1 aliphatic rings. The second-order valence-electron chi connectivity index (χ2n) is 2.46. The van der Waals surface area contributed by atoms with Gasteiger partial charge in [-0.3, -0.25) is 0 Å². The van der Waals surface area contributed by atoms with E-state index >= 15 is 0 Å². The zero-order valence-electron chi connectivity index (χ0n) is 4.94. The molecule has 0 aromatic rings. The van der Waals surface area contributed by atoms with Gasteiger partial charge in [-0.15, -0.1) is 11.6 Å². The van der Waals surface area contributed by atoms with Crippen LogP contribution in [0.4, 0.5) is 0 Å². The van der Waals surface area contributed by atoms with E-state index in [1.165, 1.54) is 12.8 Å². The molecular weight excluding hydrogens is 118 g/mol. The molecule has 1 fully saturated rings. The third-order valence-corrected chi connectivity index (χ3v) is 2.27. The molecule has 2 heteroatoms. The Morgan fingerprint density at radius 2 is 1.88 bits per heavy atom. The van der Waals surface area contributed by atoms with E-state index < -0.39 is 0 Å². The lowest BCUT2D eigenvalue weighted by Gasteiger charge is -2.22. The summed E-state index contributed by atoms with van der Waals surface area (Å²) in [5, 5.41) is 0.253. The second-order valence-corrected chi connectivity index (χ2v) is 3.02. The first kappa shape index (κ1) is 6.47. The first-order valence-electron chi connectivity index (χ1n) is 3.20. The van der Waals surface area contributed by atoms with Gasteiger partial charge in [0, 0.05) is 5.38 Å². The molecule has 1 rings (SSSR count). The zero-order valence-corrected chi connectivity index (χ0v) is 5.69. The number of hydrogen-bond acceptors (Lipinski definition) is 0. The maximum Gasteiger partial charge on any atom is 0.0719 e. The first-order chi connectivity index (χ1) is 3.80. The van der Waals surface area contributed by atoms with Crippen molar-refractivity contribution in [1.29, 1.82) is 0 Å². The highest BCUT2D eigenvalue weighted by atomic mass is 35.5.